The fourth-order valence-electron chi connectivity index (χ4n) is 2.58. The first-order chi connectivity index (χ1) is 12.7. The van der Waals surface area contributed by atoms with E-state index >= 15 is 0 Å². The van der Waals surface area contributed by atoms with E-state index in [4.69, 9.17) is 0 Å². The van der Waals surface area contributed by atoms with Crippen LogP contribution in [0.4, 0.5) is 5.13 Å². The zero-order chi connectivity index (χ0) is 18.4. The molecule has 0 radical (unpaired) electrons. The van der Waals surface area contributed by atoms with Gasteiger partial charge in [0.1, 0.15) is 0 Å². The van der Waals surface area contributed by atoms with Gasteiger partial charge in [0.05, 0.1) is 11.3 Å². The standard InChI is InChI=1S/C17H20N4O2S3/c1-2-24-17-20-19-16(26-17)18-15(23)12-7-3-4-8-13(12)25-11-14(22)21-9-5-6-10-21/h3-4,7-8H,2,5-6,9-11H2,1H3,(H,18,19,23). The SMILES string of the molecule is CCSc1nnc(NC(=O)c2ccccc2SCC(=O)N2CCCC2)s1. The van der Waals surface area contributed by atoms with Crippen molar-refractivity contribution in [2.24, 2.45) is 0 Å². The van der Waals surface area contributed by atoms with Crippen molar-refractivity contribution in [3.8, 4) is 0 Å². The lowest BCUT2D eigenvalue weighted by Crippen LogP contribution is -2.29. The van der Waals surface area contributed by atoms with Crippen LogP contribution >= 0.6 is 34.9 Å². The van der Waals surface area contributed by atoms with Gasteiger partial charge in [0, 0.05) is 18.0 Å². The number of likely N-dealkylation sites (tertiary alicyclic amines) is 1. The molecular formula is C17H20N4O2S3. The Balaban J connectivity index is 1.63. The van der Waals surface area contributed by atoms with Crippen LogP contribution in [0.25, 0.3) is 0 Å². The molecule has 0 aliphatic carbocycles. The molecule has 1 aromatic carbocycles. The van der Waals surface area contributed by atoms with Crippen LogP contribution in [-0.4, -0.2) is 51.5 Å². The van der Waals surface area contributed by atoms with Crippen molar-refractivity contribution in [3.63, 3.8) is 0 Å². The Hall–Kier alpha value is -1.58. The van der Waals surface area contributed by atoms with E-state index < -0.39 is 0 Å². The van der Waals surface area contributed by atoms with Crippen molar-refractivity contribution >= 4 is 51.8 Å². The minimum Gasteiger partial charge on any atom is -0.342 e. The summed E-state index contributed by atoms with van der Waals surface area (Å²) in [6, 6.07) is 7.33. The molecular weight excluding hydrogens is 388 g/mol. The third kappa shape index (κ3) is 4.99. The van der Waals surface area contributed by atoms with E-state index in [2.05, 4.69) is 15.5 Å². The number of carbonyl (C=O) groups is 2. The maximum absolute atomic E-state index is 12.6. The molecule has 2 aromatic rings. The fraction of sp³-hybridized carbons (Fsp3) is 0.412. The summed E-state index contributed by atoms with van der Waals surface area (Å²) >= 11 is 4.36. The highest BCUT2D eigenvalue weighted by Gasteiger charge is 2.19. The number of aromatic nitrogens is 2. The van der Waals surface area contributed by atoms with Crippen molar-refractivity contribution < 1.29 is 9.59 Å². The predicted molar refractivity (Wildman–Crippen MR) is 107 cm³/mol. The average Bonchev–Trinajstić information content (AvgIpc) is 3.32. The van der Waals surface area contributed by atoms with Gasteiger partial charge in [0.15, 0.2) is 4.34 Å². The molecule has 0 unspecified atom stereocenters. The first kappa shape index (κ1) is 19.2. The second kappa shape index (κ2) is 9.38. The van der Waals surface area contributed by atoms with Gasteiger partial charge in [-0.1, -0.05) is 42.2 Å². The van der Waals surface area contributed by atoms with Gasteiger partial charge in [0.2, 0.25) is 11.0 Å². The lowest BCUT2D eigenvalue weighted by Gasteiger charge is -2.15. The van der Waals surface area contributed by atoms with Gasteiger partial charge in [-0.2, -0.15) is 0 Å². The highest BCUT2D eigenvalue weighted by atomic mass is 32.2. The number of amides is 2. The zero-order valence-electron chi connectivity index (χ0n) is 14.4. The smallest absolute Gasteiger partial charge is 0.258 e. The lowest BCUT2D eigenvalue weighted by molar-refractivity contribution is -0.127. The molecule has 138 valence electrons. The number of rotatable bonds is 7. The topological polar surface area (TPSA) is 75.2 Å². The Bertz CT molecular complexity index is 775. The molecule has 2 amide bonds. The molecule has 0 atom stereocenters. The molecule has 1 saturated heterocycles. The van der Waals surface area contributed by atoms with Crippen LogP contribution in [0.5, 0.6) is 0 Å². The highest BCUT2D eigenvalue weighted by Crippen LogP contribution is 2.27. The van der Waals surface area contributed by atoms with E-state index in [0.717, 1.165) is 40.9 Å². The Morgan fingerprint density at radius 2 is 1.96 bits per heavy atom. The summed E-state index contributed by atoms with van der Waals surface area (Å²) in [4.78, 5) is 27.5. The molecule has 9 heteroatoms. The second-order valence-electron chi connectivity index (χ2n) is 5.63. The molecule has 26 heavy (non-hydrogen) atoms. The third-order valence-electron chi connectivity index (χ3n) is 3.84. The Kier molecular flexibility index (Phi) is 6.93. The van der Waals surface area contributed by atoms with Gasteiger partial charge in [0.25, 0.3) is 5.91 Å². The Morgan fingerprint density at radius 1 is 1.19 bits per heavy atom. The number of nitrogens with zero attached hydrogens (tertiary/aromatic N) is 3. The number of hydrogen-bond donors (Lipinski definition) is 1. The summed E-state index contributed by atoms with van der Waals surface area (Å²) in [5.41, 5.74) is 0.548. The van der Waals surface area contributed by atoms with Crippen molar-refractivity contribution in [1.29, 1.82) is 0 Å². The van der Waals surface area contributed by atoms with Gasteiger partial charge in [-0.05, 0) is 30.7 Å². The van der Waals surface area contributed by atoms with Gasteiger partial charge in [-0.15, -0.1) is 22.0 Å². The molecule has 1 aliphatic heterocycles. The molecule has 1 fully saturated rings. The van der Waals surface area contributed by atoms with Crippen LogP contribution in [0, 0.1) is 0 Å². The first-order valence-electron chi connectivity index (χ1n) is 8.44. The third-order valence-corrected chi connectivity index (χ3v) is 6.75. The maximum Gasteiger partial charge on any atom is 0.258 e. The number of carbonyl (C=O) groups excluding carboxylic acids is 2. The largest absolute Gasteiger partial charge is 0.342 e. The minimum atomic E-state index is -0.231. The molecule has 1 aromatic heterocycles. The molecule has 0 saturated carbocycles. The normalized spacial score (nSPS) is 13.8. The number of hydrogen-bond acceptors (Lipinski definition) is 7. The average molecular weight is 409 g/mol. The van der Waals surface area contributed by atoms with Crippen LogP contribution in [-0.2, 0) is 4.79 Å². The number of benzene rings is 1. The Labute approximate surface area is 165 Å². The predicted octanol–water partition coefficient (Wildman–Crippen LogP) is 3.62. The highest BCUT2D eigenvalue weighted by molar-refractivity contribution is 8.01. The van der Waals surface area contributed by atoms with E-state index in [1.165, 1.54) is 23.1 Å². The number of anilines is 1. The van der Waals surface area contributed by atoms with Crippen molar-refractivity contribution in [2.45, 2.75) is 29.0 Å². The summed E-state index contributed by atoms with van der Waals surface area (Å²) in [6.45, 7) is 3.73. The van der Waals surface area contributed by atoms with Gasteiger partial charge in [-0.3, -0.25) is 14.9 Å². The molecule has 2 heterocycles. The maximum atomic E-state index is 12.6. The monoisotopic (exact) mass is 408 g/mol. The summed E-state index contributed by atoms with van der Waals surface area (Å²) in [6.07, 6.45) is 2.16. The summed E-state index contributed by atoms with van der Waals surface area (Å²) in [5, 5.41) is 11.3. The van der Waals surface area contributed by atoms with Crippen LogP contribution in [0.3, 0.4) is 0 Å². The summed E-state index contributed by atoms with van der Waals surface area (Å²) < 4.78 is 0.835. The van der Waals surface area contributed by atoms with Gasteiger partial charge >= 0.3 is 0 Å². The van der Waals surface area contributed by atoms with Crippen LogP contribution in [0.15, 0.2) is 33.5 Å². The first-order valence-corrected chi connectivity index (χ1v) is 11.2. The lowest BCUT2D eigenvalue weighted by atomic mass is 10.2. The molecule has 1 N–H and O–H groups in total. The van der Waals surface area contributed by atoms with Crippen LogP contribution in [0.1, 0.15) is 30.1 Å². The Morgan fingerprint density at radius 3 is 2.73 bits per heavy atom. The van der Waals surface area contributed by atoms with Gasteiger partial charge in [-0.25, -0.2) is 0 Å². The van der Waals surface area contributed by atoms with E-state index in [-0.39, 0.29) is 11.8 Å². The van der Waals surface area contributed by atoms with E-state index in [9.17, 15) is 9.59 Å². The van der Waals surface area contributed by atoms with Crippen molar-refractivity contribution in [3.05, 3.63) is 29.8 Å². The van der Waals surface area contributed by atoms with Crippen molar-refractivity contribution in [1.82, 2.24) is 15.1 Å². The van der Waals surface area contributed by atoms with E-state index in [1.807, 2.05) is 30.0 Å². The molecule has 1 aliphatic rings. The molecule has 0 spiro atoms. The van der Waals surface area contributed by atoms with Crippen LogP contribution in [0.2, 0.25) is 0 Å². The van der Waals surface area contributed by atoms with Crippen LogP contribution < -0.4 is 5.32 Å². The fourth-order valence-corrected chi connectivity index (χ4v) is 5.18. The van der Waals surface area contributed by atoms with Crippen molar-refractivity contribution in [2.75, 3.05) is 29.9 Å². The van der Waals surface area contributed by atoms with E-state index in [1.54, 1.807) is 17.8 Å². The molecule has 6 nitrogen and oxygen atoms in total. The minimum absolute atomic E-state index is 0.132. The quantitative estimate of drug-likeness (QED) is 0.557. The van der Waals surface area contributed by atoms with E-state index in [0.29, 0.717) is 16.4 Å². The zero-order valence-corrected chi connectivity index (χ0v) is 16.9. The second-order valence-corrected chi connectivity index (χ2v) is 9.14. The molecule has 3 rings (SSSR count). The summed E-state index contributed by atoms with van der Waals surface area (Å²) in [5.74, 6) is 1.16. The summed E-state index contributed by atoms with van der Waals surface area (Å²) in [7, 11) is 0. The molecule has 0 bridgehead atoms. The number of nitrogens with one attached hydrogen (secondary N) is 1. The number of thioether (sulfide) groups is 2. The van der Waals surface area contributed by atoms with Gasteiger partial charge < -0.3 is 4.90 Å².